The predicted molar refractivity (Wildman–Crippen MR) is 174 cm³/mol. The van der Waals surface area contributed by atoms with Gasteiger partial charge in [-0.1, -0.05) is 61.5 Å². The first-order valence-electron chi connectivity index (χ1n) is 15.2. The summed E-state index contributed by atoms with van der Waals surface area (Å²) in [5, 5.41) is 8.56. The number of rotatable bonds is 9. The van der Waals surface area contributed by atoms with Crippen molar-refractivity contribution in [3.63, 3.8) is 0 Å². The summed E-state index contributed by atoms with van der Waals surface area (Å²) in [5.41, 5.74) is -0.00171. The minimum atomic E-state index is -3.09. The van der Waals surface area contributed by atoms with Gasteiger partial charge >= 0.3 is 28.8 Å². The van der Waals surface area contributed by atoms with Gasteiger partial charge in [-0.15, -0.1) is 11.8 Å². The van der Waals surface area contributed by atoms with Crippen molar-refractivity contribution in [1.82, 2.24) is 9.55 Å². The number of H-pyrrole nitrogens is 1. The molecule has 2 N–H and O–H groups in total. The first-order valence-corrected chi connectivity index (χ1v) is 20.1. The highest BCUT2D eigenvalue weighted by Gasteiger charge is 2.62. The molecule has 244 valence electrons. The summed E-state index contributed by atoms with van der Waals surface area (Å²) in [7, 11) is -4.47. The molecule has 2 fully saturated rings. The van der Waals surface area contributed by atoms with Gasteiger partial charge in [0, 0.05) is 12.3 Å². The molecule has 0 saturated carbocycles. The lowest BCUT2D eigenvalue weighted by Crippen LogP contribution is -2.65. The summed E-state index contributed by atoms with van der Waals surface area (Å²) in [6, 6.07) is 6.03. The topological polar surface area (TPSA) is 138 Å². The third-order valence-electron chi connectivity index (χ3n) is 8.65. The summed E-state index contributed by atoms with van der Waals surface area (Å²) >= 11 is 1.44. The van der Waals surface area contributed by atoms with E-state index in [9.17, 15) is 19.5 Å². The number of ether oxygens (including phenoxy) is 2. The largest absolute Gasteiger partial charge is 0.496 e. The van der Waals surface area contributed by atoms with E-state index in [1.54, 1.807) is 18.2 Å². The fourth-order valence-corrected chi connectivity index (χ4v) is 19.3. The molecule has 4 atom stereocenters. The molecule has 3 heterocycles. The Hall–Kier alpha value is -2.21. The van der Waals surface area contributed by atoms with Crippen LogP contribution in [0, 0.1) is 0 Å². The van der Waals surface area contributed by atoms with Crippen molar-refractivity contribution in [2.24, 2.45) is 0 Å². The molecule has 4 rings (SSSR count). The van der Waals surface area contributed by atoms with E-state index in [0.29, 0.717) is 5.56 Å². The summed E-state index contributed by atoms with van der Waals surface area (Å²) in [4.78, 5) is 41.2. The van der Waals surface area contributed by atoms with E-state index < -0.39 is 51.9 Å². The molecule has 1 unspecified atom stereocenters. The number of fused-ring (bicyclic) bond motifs is 1. The predicted octanol–water partition coefficient (Wildman–Crippen LogP) is 4.83. The van der Waals surface area contributed by atoms with Gasteiger partial charge in [0.15, 0.2) is 6.10 Å². The standard InChI is InChI=1S/C30H46N2O9SSi2/c1-17(2)43(18(3)4)38-16-24-26(40-44(41-43,19(5)6)20(7)8)27(28(42-24)32-13-12-25(34)31-30(32)36)39-29(35)22-11-10-21(15-33)14-23(22)37-9/h10-14,17-20,24,26-28,33H,15-16H2,1-9H3,(H,31,34,36)/t24-,26-,27-,28?/m1/s1. The number of thioether (sulfide) groups is 1. The Bertz CT molecular complexity index is 1430. The quantitative estimate of drug-likeness (QED) is 0.283. The monoisotopic (exact) mass is 666 g/mol. The number of carbonyl (C=O) groups is 1. The van der Waals surface area contributed by atoms with Crippen LogP contribution in [0.1, 0.15) is 76.7 Å². The van der Waals surface area contributed by atoms with Gasteiger partial charge in [-0.2, -0.15) is 0 Å². The van der Waals surface area contributed by atoms with Crippen LogP contribution in [0.4, 0.5) is 0 Å². The molecule has 44 heavy (non-hydrogen) atoms. The van der Waals surface area contributed by atoms with Crippen molar-refractivity contribution in [3.05, 3.63) is 62.4 Å². The molecular weight excluding hydrogens is 621 g/mol. The zero-order chi connectivity index (χ0) is 32.6. The summed E-state index contributed by atoms with van der Waals surface area (Å²) in [6.07, 6.45) is -0.186. The zero-order valence-corrected chi connectivity index (χ0v) is 29.8. The van der Waals surface area contributed by atoms with Crippen LogP contribution in [0.15, 0.2) is 40.1 Å². The number of esters is 1. The van der Waals surface area contributed by atoms with Crippen molar-refractivity contribution in [3.8, 4) is 5.75 Å². The number of hydrogen-bond acceptors (Lipinski definition) is 10. The van der Waals surface area contributed by atoms with Crippen LogP contribution in [0.25, 0.3) is 0 Å². The number of aromatic amines is 1. The fraction of sp³-hybridized carbons (Fsp3) is 0.633. The highest BCUT2D eigenvalue weighted by Crippen LogP contribution is 2.52. The number of methoxy groups -OCH3 is 1. The van der Waals surface area contributed by atoms with Gasteiger partial charge in [-0.05, 0) is 39.9 Å². The molecule has 0 aliphatic carbocycles. The van der Waals surface area contributed by atoms with E-state index >= 15 is 0 Å². The van der Waals surface area contributed by atoms with Crippen LogP contribution in [0.3, 0.4) is 0 Å². The molecule has 2 aromatic rings. The van der Waals surface area contributed by atoms with E-state index in [-0.39, 0.29) is 51.9 Å². The van der Waals surface area contributed by atoms with Crippen molar-refractivity contribution < 1.29 is 32.3 Å². The molecule has 0 spiro atoms. The van der Waals surface area contributed by atoms with Crippen LogP contribution in [-0.2, 0) is 24.3 Å². The number of aromatic nitrogens is 2. The van der Waals surface area contributed by atoms with Crippen LogP contribution < -0.4 is 16.0 Å². The van der Waals surface area contributed by atoms with Gasteiger partial charge in [-0.3, -0.25) is 14.3 Å². The van der Waals surface area contributed by atoms with E-state index in [2.05, 4.69) is 60.4 Å². The van der Waals surface area contributed by atoms with Crippen LogP contribution in [-0.4, -0.2) is 68.9 Å². The van der Waals surface area contributed by atoms with Crippen molar-refractivity contribution in [2.75, 3.05) is 13.7 Å². The Morgan fingerprint density at radius 1 is 1.05 bits per heavy atom. The average Bonchev–Trinajstić information content (AvgIpc) is 3.27. The Balaban J connectivity index is 1.86. The SMILES string of the molecule is COc1cc(CO)ccc1C(=O)O[C@H]1C(n2ccc(=O)[nH]c2=O)S[C@@H]2CO[Si](C(C)C)(C(C)C)O[Si](C(C)C)(C(C)C)O[C@H]21. The number of aliphatic hydroxyl groups excluding tert-OH is 1. The minimum Gasteiger partial charge on any atom is -0.496 e. The van der Waals surface area contributed by atoms with Crippen LogP contribution >= 0.6 is 11.8 Å². The molecule has 0 radical (unpaired) electrons. The van der Waals surface area contributed by atoms with E-state index in [4.69, 9.17) is 22.4 Å². The molecule has 0 amide bonds. The molecule has 11 nitrogen and oxygen atoms in total. The molecule has 1 aromatic carbocycles. The number of benzene rings is 1. The Morgan fingerprint density at radius 3 is 2.23 bits per heavy atom. The molecule has 0 bridgehead atoms. The van der Waals surface area contributed by atoms with Gasteiger partial charge in [0.25, 0.3) is 5.56 Å². The van der Waals surface area contributed by atoms with Gasteiger partial charge in [-0.25, -0.2) is 9.59 Å². The van der Waals surface area contributed by atoms with Gasteiger partial charge in [0.2, 0.25) is 0 Å². The smallest absolute Gasteiger partial charge is 0.342 e. The highest BCUT2D eigenvalue weighted by atomic mass is 32.2. The minimum absolute atomic E-state index is 0.0385. The zero-order valence-electron chi connectivity index (χ0n) is 27.0. The Morgan fingerprint density at radius 2 is 1.68 bits per heavy atom. The summed E-state index contributed by atoms with van der Waals surface area (Å²) in [5.74, 6) is -0.411. The fourth-order valence-electron chi connectivity index (χ4n) is 6.29. The number of hydrogen-bond donors (Lipinski definition) is 2. The first kappa shape index (κ1) is 34.7. The van der Waals surface area contributed by atoms with E-state index in [1.807, 2.05) is 0 Å². The normalized spacial score (nSPS) is 24.8. The molecular formula is C30H46N2O9SSi2. The first-order chi connectivity index (χ1) is 20.7. The van der Waals surface area contributed by atoms with Crippen molar-refractivity contribution in [2.45, 2.75) is 107 Å². The maximum atomic E-state index is 13.8. The number of aliphatic hydroxyl groups is 1. The summed E-state index contributed by atoms with van der Waals surface area (Å²) < 4.78 is 34.6. The average molecular weight is 667 g/mol. The number of nitrogens with one attached hydrogen (secondary N) is 1. The lowest BCUT2D eigenvalue weighted by molar-refractivity contribution is -0.0329. The van der Waals surface area contributed by atoms with Crippen LogP contribution in [0.2, 0.25) is 22.2 Å². The Labute approximate surface area is 265 Å². The van der Waals surface area contributed by atoms with Crippen LogP contribution in [0.5, 0.6) is 5.75 Å². The third kappa shape index (κ3) is 6.39. The van der Waals surface area contributed by atoms with Crippen molar-refractivity contribution in [1.29, 1.82) is 0 Å². The van der Waals surface area contributed by atoms with Crippen molar-refractivity contribution >= 4 is 34.9 Å². The highest BCUT2D eigenvalue weighted by molar-refractivity contribution is 8.00. The molecule has 1 aromatic heterocycles. The second-order valence-corrected chi connectivity index (χ2v) is 22.9. The number of carbonyl (C=O) groups excluding carboxylic acids is 1. The molecule has 2 aliphatic rings. The Kier molecular flexibility index (Phi) is 10.8. The van der Waals surface area contributed by atoms with Gasteiger partial charge in [0.1, 0.15) is 22.8 Å². The maximum absolute atomic E-state index is 13.8. The van der Waals surface area contributed by atoms with E-state index in [0.717, 1.165) is 0 Å². The summed E-state index contributed by atoms with van der Waals surface area (Å²) in [6.45, 7) is 17.1. The van der Waals surface area contributed by atoms with Gasteiger partial charge < -0.3 is 27.5 Å². The maximum Gasteiger partial charge on any atom is 0.342 e. The van der Waals surface area contributed by atoms with Gasteiger partial charge in [0.05, 0.1) is 25.6 Å². The molecule has 2 saturated heterocycles. The second-order valence-electron chi connectivity index (χ2n) is 12.7. The molecule has 2 aliphatic heterocycles. The second kappa shape index (κ2) is 13.6. The number of nitrogens with zero attached hydrogens (tertiary/aromatic N) is 1. The third-order valence-corrected chi connectivity index (χ3v) is 20.4. The lowest BCUT2D eigenvalue weighted by atomic mass is 10.1. The molecule has 14 heteroatoms. The van der Waals surface area contributed by atoms with E-state index in [1.165, 1.54) is 35.7 Å². The lowest BCUT2D eigenvalue weighted by Gasteiger charge is -2.51.